The van der Waals surface area contributed by atoms with Crippen LogP contribution in [0.2, 0.25) is 0 Å². The van der Waals surface area contributed by atoms with Gasteiger partial charge in [-0.05, 0) is 48.5 Å². The van der Waals surface area contributed by atoms with Gasteiger partial charge in [-0.15, -0.1) is 10.2 Å². The van der Waals surface area contributed by atoms with Gasteiger partial charge in [0.25, 0.3) is 10.0 Å². The molecule has 24 heavy (non-hydrogen) atoms. The van der Waals surface area contributed by atoms with Crippen LogP contribution in [-0.2, 0) is 10.0 Å². The molecule has 3 rings (SSSR count). The lowest BCUT2D eigenvalue weighted by atomic mass is 10.2. The van der Waals surface area contributed by atoms with Crippen molar-refractivity contribution in [2.45, 2.75) is 4.90 Å². The van der Waals surface area contributed by atoms with Crippen LogP contribution < -0.4 is 9.46 Å². The Morgan fingerprint density at radius 1 is 1.04 bits per heavy atom. The van der Waals surface area contributed by atoms with E-state index in [4.69, 9.17) is 4.74 Å². The number of hydrogen-bond acceptors (Lipinski definition) is 6. The molecule has 0 unspecified atom stereocenters. The van der Waals surface area contributed by atoms with Crippen LogP contribution in [0.25, 0.3) is 10.6 Å². The number of nitrogens with one attached hydrogen (secondary N) is 1. The monoisotopic (exact) mass is 365 g/mol. The second-order valence-electron chi connectivity index (χ2n) is 4.70. The van der Waals surface area contributed by atoms with Crippen LogP contribution in [0.15, 0.2) is 53.4 Å². The minimum absolute atomic E-state index is 0.0850. The highest BCUT2D eigenvalue weighted by Gasteiger charge is 2.17. The van der Waals surface area contributed by atoms with Gasteiger partial charge >= 0.3 is 0 Å². The molecular formula is C15H12FN3O3S2. The number of rotatable bonds is 5. The lowest BCUT2D eigenvalue weighted by molar-refractivity contribution is 0.414. The van der Waals surface area contributed by atoms with E-state index in [1.807, 2.05) is 0 Å². The molecule has 0 bridgehead atoms. The van der Waals surface area contributed by atoms with Gasteiger partial charge in [0.2, 0.25) is 5.13 Å². The third-order valence-electron chi connectivity index (χ3n) is 3.11. The summed E-state index contributed by atoms with van der Waals surface area (Å²) in [5.74, 6) is 0.201. The summed E-state index contributed by atoms with van der Waals surface area (Å²) in [5.41, 5.74) is 0.656. The number of halogens is 1. The second kappa shape index (κ2) is 6.54. The van der Waals surface area contributed by atoms with E-state index in [9.17, 15) is 12.8 Å². The first kappa shape index (κ1) is 16.3. The Balaban J connectivity index is 1.81. The first-order valence-electron chi connectivity index (χ1n) is 6.74. The number of benzene rings is 2. The first-order chi connectivity index (χ1) is 11.5. The molecule has 124 valence electrons. The zero-order valence-corrected chi connectivity index (χ0v) is 14.1. The highest BCUT2D eigenvalue weighted by molar-refractivity contribution is 7.93. The third-order valence-corrected chi connectivity index (χ3v) is 5.48. The van der Waals surface area contributed by atoms with Crippen LogP contribution in [0.1, 0.15) is 0 Å². The zero-order chi connectivity index (χ0) is 17.2. The molecule has 0 saturated heterocycles. The van der Waals surface area contributed by atoms with E-state index >= 15 is 0 Å². The molecule has 0 atom stereocenters. The number of methoxy groups -OCH3 is 1. The molecular weight excluding hydrogens is 353 g/mol. The summed E-state index contributed by atoms with van der Waals surface area (Å²) in [5, 5.41) is 8.36. The van der Waals surface area contributed by atoms with Crippen LogP contribution >= 0.6 is 11.3 Å². The maximum Gasteiger partial charge on any atom is 0.263 e. The standard InChI is InChI=1S/C15H12FN3O3S2/c1-22-12-6-8-13(9-7-12)24(20,21)19-15-18-17-14(23-15)10-2-4-11(16)5-3-10/h2-9H,1H3,(H,18,19). The highest BCUT2D eigenvalue weighted by atomic mass is 32.2. The van der Waals surface area contributed by atoms with Crippen molar-refractivity contribution in [3.8, 4) is 16.3 Å². The van der Waals surface area contributed by atoms with Crippen molar-refractivity contribution >= 4 is 26.5 Å². The molecule has 2 aromatic carbocycles. The number of hydrogen-bond donors (Lipinski definition) is 1. The van der Waals surface area contributed by atoms with Gasteiger partial charge in [0.15, 0.2) is 0 Å². The third kappa shape index (κ3) is 3.52. The normalized spacial score (nSPS) is 11.2. The van der Waals surface area contributed by atoms with Crippen LogP contribution in [0, 0.1) is 5.82 Å². The number of aromatic nitrogens is 2. The fourth-order valence-electron chi connectivity index (χ4n) is 1.90. The van der Waals surface area contributed by atoms with Crippen LogP contribution in [0.3, 0.4) is 0 Å². The molecule has 0 fully saturated rings. The van der Waals surface area contributed by atoms with Crippen molar-refractivity contribution in [1.29, 1.82) is 0 Å². The molecule has 0 aliphatic carbocycles. The van der Waals surface area contributed by atoms with Crippen molar-refractivity contribution in [1.82, 2.24) is 10.2 Å². The summed E-state index contributed by atoms with van der Waals surface area (Å²) >= 11 is 1.06. The van der Waals surface area contributed by atoms with Crippen molar-refractivity contribution in [3.05, 3.63) is 54.3 Å². The predicted molar refractivity (Wildman–Crippen MR) is 89.1 cm³/mol. The van der Waals surface area contributed by atoms with E-state index in [1.165, 1.54) is 31.4 Å². The Hall–Kier alpha value is -2.52. The van der Waals surface area contributed by atoms with Crippen LogP contribution in [0.4, 0.5) is 9.52 Å². The number of ether oxygens (including phenoxy) is 1. The van der Waals surface area contributed by atoms with Crippen molar-refractivity contribution in [2.24, 2.45) is 0 Å². The summed E-state index contributed by atoms with van der Waals surface area (Å²) in [6.07, 6.45) is 0. The molecule has 0 saturated carbocycles. The number of anilines is 1. The molecule has 6 nitrogen and oxygen atoms in total. The minimum atomic E-state index is -3.77. The Labute approximate surface area is 142 Å². The summed E-state index contributed by atoms with van der Waals surface area (Å²) < 4.78 is 45.0. The molecule has 0 spiro atoms. The van der Waals surface area contributed by atoms with Crippen LogP contribution in [0.5, 0.6) is 5.75 Å². The van der Waals surface area contributed by atoms with Gasteiger partial charge in [0, 0.05) is 5.56 Å². The summed E-state index contributed by atoms with van der Waals surface area (Å²) in [4.78, 5) is 0.0850. The quantitative estimate of drug-likeness (QED) is 0.751. The van der Waals surface area contributed by atoms with E-state index < -0.39 is 10.0 Å². The number of sulfonamides is 1. The Morgan fingerprint density at radius 3 is 2.33 bits per heavy atom. The largest absolute Gasteiger partial charge is 0.497 e. The van der Waals surface area contributed by atoms with Crippen molar-refractivity contribution in [2.75, 3.05) is 11.8 Å². The Bertz CT molecular complexity index is 939. The summed E-state index contributed by atoms with van der Waals surface area (Å²) in [6, 6.07) is 11.7. The van der Waals surface area contributed by atoms with Crippen molar-refractivity contribution < 1.29 is 17.5 Å². The molecule has 0 aliphatic heterocycles. The molecule has 0 aliphatic rings. The SMILES string of the molecule is COc1ccc(S(=O)(=O)Nc2nnc(-c3ccc(F)cc3)s2)cc1. The fourth-order valence-corrected chi connectivity index (χ4v) is 3.88. The van der Waals surface area contributed by atoms with E-state index in [0.717, 1.165) is 11.3 Å². The van der Waals surface area contributed by atoms with Crippen molar-refractivity contribution in [3.63, 3.8) is 0 Å². The van der Waals surface area contributed by atoms with Gasteiger partial charge in [-0.2, -0.15) is 0 Å². The second-order valence-corrected chi connectivity index (χ2v) is 7.36. The van der Waals surface area contributed by atoms with Gasteiger partial charge in [0.1, 0.15) is 16.6 Å². The maximum absolute atomic E-state index is 12.9. The van der Waals surface area contributed by atoms with Gasteiger partial charge in [0.05, 0.1) is 12.0 Å². The molecule has 0 radical (unpaired) electrons. The molecule has 1 N–H and O–H groups in total. The maximum atomic E-state index is 12.9. The van der Waals surface area contributed by atoms with Gasteiger partial charge in [-0.25, -0.2) is 12.8 Å². The smallest absolute Gasteiger partial charge is 0.263 e. The summed E-state index contributed by atoms with van der Waals surface area (Å²) in [7, 11) is -2.27. The molecule has 1 aromatic heterocycles. The van der Waals surface area contributed by atoms with E-state index in [2.05, 4.69) is 14.9 Å². The average molecular weight is 365 g/mol. The topological polar surface area (TPSA) is 81.2 Å². The van der Waals surface area contributed by atoms with E-state index in [1.54, 1.807) is 24.3 Å². The molecule has 0 amide bonds. The highest BCUT2D eigenvalue weighted by Crippen LogP contribution is 2.28. The molecule has 9 heteroatoms. The fraction of sp³-hybridized carbons (Fsp3) is 0.0667. The van der Waals surface area contributed by atoms with E-state index in [-0.39, 0.29) is 15.8 Å². The van der Waals surface area contributed by atoms with Gasteiger partial charge in [-0.1, -0.05) is 11.3 Å². The van der Waals surface area contributed by atoms with Gasteiger partial charge in [-0.3, -0.25) is 4.72 Å². The predicted octanol–water partition coefficient (Wildman–Crippen LogP) is 3.15. The number of nitrogens with zero attached hydrogens (tertiary/aromatic N) is 2. The molecule has 3 aromatic rings. The molecule has 1 heterocycles. The van der Waals surface area contributed by atoms with Gasteiger partial charge < -0.3 is 4.74 Å². The zero-order valence-electron chi connectivity index (χ0n) is 12.4. The lowest BCUT2D eigenvalue weighted by Gasteiger charge is -2.05. The Kier molecular flexibility index (Phi) is 4.45. The van der Waals surface area contributed by atoms with E-state index in [0.29, 0.717) is 16.3 Å². The minimum Gasteiger partial charge on any atom is -0.497 e. The van der Waals surface area contributed by atoms with Crippen LogP contribution in [-0.4, -0.2) is 25.7 Å². The Morgan fingerprint density at radius 2 is 1.71 bits per heavy atom. The summed E-state index contributed by atoms with van der Waals surface area (Å²) in [6.45, 7) is 0. The average Bonchev–Trinajstić information content (AvgIpc) is 3.03. The first-order valence-corrected chi connectivity index (χ1v) is 9.04. The lowest BCUT2D eigenvalue weighted by Crippen LogP contribution is -2.12.